The van der Waals surface area contributed by atoms with Crippen LogP contribution < -0.4 is 10.6 Å². The molecule has 2 fully saturated rings. The van der Waals surface area contributed by atoms with Crippen LogP contribution in [0.2, 0.25) is 0 Å². The maximum Gasteiger partial charge on any atom is 0.160 e. The Morgan fingerprint density at radius 2 is 1.95 bits per heavy atom. The minimum atomic E-state index is -0.140. The van der Waals surface area contributed by atoms with E-state index in [1.807, 2.05) is 12.1 Å². The first kappa shape index (κ1) is 14.3. The largest absolute Gasteiger partial charge is 0.366 e. The molecule has 1 aromatic carbocycles. The number of piperidine rings is 1. The van der Waals surface area contributed by atoms with Gasteiger partial charge in [0.15, 0.2) is 5.82 Å². The highest BCUT2D eigenvalue weighted by molar-refractivity contribution is 9.10. The standard InChI is InChI=1S/C16H22BrFN2/c17-15-12(10-19)7-8-14(16(15)18)20-9-3-5-11-4-1-2-6-13(11)20/h7-8,11,13H,1-6,9-10,19H2. The molecule has 2 aliphatic rings. The van der Waals surface area contributed by atoms with E-state index < -0.39 is 0 Å². The molecule has 2 atom stereocenters. The summed E-state index contributed by atoms with van der Waals surface area (Å²) in [5.41, 5.74) is 7.24. The van der Waals surface area contributed by atoms with Crippen molar-refractivity contribution >= 4 is 21.6 Å². The molecule has 20 heavy (non-hydrogen) atoms. The van der Waals surface area contributed by atoms with Gasteiger partial charge in [-0.2, -0.15) is 0 Å². The third kappa shape index (κ3) is 2.48. The van der Waals surface area contributed by atoms with Gasteiger partial charge in [0.25, 0.3) is 0 Å². The SMILES string of the molecule is NCc1ccc(N2CCCC3CCCCC32)c(F)c1Br. The summed E-state index contributed by atoms with van der Waals surface area (Å²) in [4.78, 5) is 2.31. The minimum Gasteiger partial charge on any atom is -0.366 e. The number of rotatable bonds is 2. The van der Waals surface area contributed by atoms with E-state index in [2.05, 4.69) is 20.8 Å². The Balaban J connectivity index is 1.93. The van der Waals surface area contributed by atoms with Crippen molar-refractivity contribution in [3.8, 4) is 0 Å². The molecule has 1 saturated heterocycles. The number of halogens is 2. The third-order valence-corrected chi connectivity index (χ3v) is 5.77. The molecule has 0 spiro atoms. The number of benzene rings is 1. The lowest BCUT2D eigenvalue weighted by atomic mass is 9.78. The Hall–Kier alpha value is -0.610. The van der Waals surface area contributed by atoms with E-state index in [0.717, 1.165) is 23.7 Å². The van der Waals surface area contributed by atoms with Crippen molar-refractivity contribution in [1.82, 2.24) is 0 Å². The zero-order valence-corrected chi connectivity index (χ0v) is 13.3. The first-order chi connectivity index (χ1) is 9.72. The molecule has 1 aliphatic heterocycles. The maximum atomic E-state index is 14.6. The molecule has 2 unspecified atom stereocenters. The highest BCUT2D eigenvalue weighted by atomic mass is 79.9. The van der Waals surface area contributed by atoms with Crippen LogP contribution in [0.25, 0.3) is 0 Å². The van der Waals surface area contributed by atoms with Gasteiger partial charge in [0, 0.05) is 19.1 Å². The maximum absolute atomic E-state index is 14.6. The smallest absolute Gasteiger partial charge is 0.160 e. The zero-order valence-electron chi connectivity index (χ0n) is 11.7. The summed E-state index contributed by atoms with van der Waals surface area (Å²) in [6, 6.07) is 4.40. The van der Waals surface area contributed by atoms with Gasteiger partial charge in [0.2, 0.25) is 0 Å². The Morgan fingerprint density at radius 3 is 2.75 bits per heavy atom. The summed E-state index contributed by atoms with van der Waals surface area (Å²) in [6.07, 6.45) is 7.63. The number of hydrogen-bond acceptors (Lipinski definition) is 2. The molecule has 1 heterocycles. The van der Waals surface area contributed by atoms with E-state index in [0.29, 0.717) is 17.1 Å². The lowest BCUT2D eigenvalue weighted by Crippen LogP contribution is -2.47. The Morgan fingerprint density at radius 1 is 1.20 bits per heavy atom. The van der Waals surface area contributed by atoms with E-state index in [9.17, 15) is 4.39 Å². The summed E-state index contributed by atoms with van der Waals surface area (Å²) >= 11 is 3.36. The van der Waals surface area contributed by atoms with Crippen LogP contribution in [-0.4, -0.2) is 12.6 Å². The average Bonchev–Trinajstić information content (AvgIpc) is 2.50. The molecule has 1 aliphatic carbocycles. The zero-order chi connectivity index (χ0) is 14.1. The molecule has 3 rings (SSSR count). The number of hydrogen-bond donors (Lipinski definition) is 1. The monoisotopic (exact) mass is 340 g/mol. The van der Waals surface area contributed by atoms with Crippen LogP contribution in [-0.2, 0) is 6.54 Å². The fourth-order valence-corrected chi connectivity index (χ4v) is 4.38. The van der Waals surface area contributed by atoms with Crippen LogP contribution in [0.5, 0.6) is 0 Å². The summed E-state index contributed by atoms with van der Waals surface area (Å²) in [6.45, 7) is 1.34. The van der Waals surface area contributed by atoms with Crippen LogP contribution in [0.3, 0.4) is 0 Å². The summed E-state index contributed by atoms with van der Waals surface area (Å²) < 4.78 is 15.2. The molecule has 2 N–H and O–H groups in total. The van der Waals surface area contributed by atoms with Crippen molar-refractivity contribution in [3.63, 3.8) is 0 Å². The summed E-state index contributed by atoms with van der Waals surface area (Å²) in [7, 11) is 0. The van der Waals surface area contributed by atoms with Crippen LogP contribution >= 0.6 is 15.9 Å². The van der Waals surface area contributed by atoms with Crippen molar-refractivity contribution in [2.75, 3.05) is 11.4 Å². The van der Waals surface area contributed by atoms with E-state index in [1.165, 1.54) is 38.5 Å². The van der Waals surface area contributed by atoms with Crippen LogP contribution in [0.15, 0.2) is 16.6 Å². The highest BCUT2D eigenvalue weighted by Crippen LogP contribution is 2.40. The molecule has 0 amide bonds. The van der Waals surface area contributed by atoms with E-state index in [1.54, 1.807) is 0 Å². The quantitative estimate of drug-likeness (QED) is 0.873. The summed E-state index contributed by atoms with van der Waals surface area (Å²) in [5.74, 6) is 0.615. The molecule has 0 radical (unpaired) electrons. The lowest BCUT2D eigenvalue weighted by molar-refractivity contribution is 0.242. The van der Waals surface area contributed by atoms with Gasteiger partial charge >= 0.3 is 0 Å². The molecule has 1 aromatic rings. The van der Waals surface area contributed by atoms with Crippen LogP contribution in [0.4, 0.5) is 10.1 Å². The van der Waals surface area contributed by atoms with Crippen LogP contribution in [0, 0.1) is 11.7 Å². The predicted octanol–water partition coefficient (Wildman–Crippen LogP) is 4.21. The fourth-order valence-electron chi connectivity index (χ4n) is 3.88. The molecule has 0 bridgehead atoms. The van der Waals surface area contributed by atoms with E-state index in [-0.39, 0.29) is 5.82 Å². The Labute approximate surface area is 128 Å². The first-order valence-electron chi connectivity index (χ1n) is 7.66. The van der Waals surface area contributed by atoms with Gasteiger partial charge in [-0.1, -0.05) is 18.9 Å². The van der Waals surface area contributed by atoms with Crippen molar-refractivity contribution in [2.45, 2.75) is 51.1 Å². The normalized spacial score (nSPS) is 26.4. The number of nitrogens with zero attached hydrogens (tertiary/aromatic N) is 1. The number of anilines is 1. The molecule has 0 aromatic heterocycles. The second-order valence-corrected chi connectivity index (χ2v) is 6.82. The van der Waals surface area contributed by atoms with Gasteiger partial charge in [-0.05, 0) is 59.2 Å². The molecular formula is C16H22BrFN2. The minimum absolute atomic E-state index is 0.140. The first-order valence-corrected chi connectivity index (χ1v) is 8.45. The number of nitrogens with two attached hydrogens (primary N) is 1. The third-order valence-electron chi connectivity index (χ3n) is 4.91. The highest BCUT2D eigenvalue weighted by Gasteiger charge is 2.34. The van der Waals surface area contributed by atoms with Crippen molar-refractivity contribution < 1.29 is 4.39 Å². The van der Waals surface area contributed by atoms with E-state index >= 15 is 0 Å². The van der Waals surface area contributed by atoms with Gasteiger partial charge in [-0.3, -0.25) is 0 Å². The lowest BCUT2D eigenvalue weighted by Gasteiger charge is -2.45. The average molecular weight is 341 g/mol. The van der Waals surface area contributed by atoms with Crippen molar-refractivity contribution in [1.29, 1.82) is 0 Å². The van der Waals surface area contributed by atoms with Crippen molar-refractivity contribution in [2.24, 2.45) is 11.7 Å². The molecule has 110 valence electrons. The molecule has 4 heteroatoms. The van der Waals surface area contributed by atoms with Gasteiger partial charge in [-0.15, -0.1) is 0 Å². The molecule has 1 saturated carbocycles. The van der Waals surface area contributed by atoms with Gasteiger partial charge in [-0.25, -0.2) is 4.39 Å². The Bertz CT molecular complexity index is 490. The molecule has 2 nitrogen and oxygen atoms in total. The topological polar surface area (TPSA) is 29.3 Å². The second kappa shape index (κ2) is 6.02. The fraction of sp³-hybridized carbons (Fsp3) is 0.625. The second-order valence-electron chi connectivity index (χ2n) is 6.02. The van der Waals surface area contributed by atoms with Crippen LogP contribution in [0.1, 0.15) is 44.1 Å². The van der Waals surface area contributed by atoms with Gasteiger partial charge in [0.1, 0.15) is 0 Å². The van der Waals surface area contributed by atoms with Crippen molar-refractivity contribution in [3.05, 3.63) is 28.0 Å². The molecular weight excluding hydrogens is 319 g/mol. The Kier molecular flexibility index (Phi) is 4.32. The number of fused-ring (bicyclic) bond motifs is 1. The van der Waals surface area contributed by atoms with Gasteiger partial charge in [0.05, 0.1) is 10.2 Å². The predicted molar refractivity (Wildman–Crippen MR) is 84.3 cm³/mol. The van der Waals surface area contributed by atoms with Gasteiger partial charge < -0.3 is 10.6 Å². The van der Waals surface area contributed by atoms with E-state index in [4.69, 9.17) is 5.73 Å². The summed E-state index contributed by atoms with van der Waals surface area (Å²) in [5, 5.41) is 0.